The predicted molar refractivity (Wildman–Crippen MR) is 114 cm³/mol. The van der Waals surface area contributed by atoms with Crippen LogP contribution in [-0.4, -0.2) is 44.0 Å². The van der Waals surface area contributed by atoms with Crippen molar-refractivity contribution in [1.29, 1.82) is 0 Å². The molecule has 7 nitrogen and oxygen atoms in total. The number of esters is 1. The Morgan fingerprint density at radius 1 is 1.00 bits per heavy atom. The van der Waals surface area contributed by atoms with Gasteiger partial charge in [0.05, 0.1) is 12.7 Å². The van der Waals surface area contributed by atoms with Crippen molar-refractivity contribution in [2.45, 2.75) is 31.8 Å². The molecule has 0 atom stereocenters. The predicted octanol–water partition coefficient (Wildman–Crippen LogP) is 2.26. The number of para-hydroxylation sites is 1. The van der Waals surface area contributed by atoms with Gasteiger partial charge in [-0.2, -0.15) is 0 Å². The van der Waals surface area contributed by atoms with Crippen LogP contribution in [0.2, 0.25) is 0 Å². The van der Waals surface area contributed by atoms with Crippen LogP contribution in [0.3, 0.4) is 0 Å². The molecule has 2 N–H and O–H groups in total. The Hall–Kier alpha value is -3.35. The van der Waals surface area contributed by atoms with Gasteiger partial charge < -0.3 is 20.3 Å². The molecule has 1 aliphatic heterocycles. The van der Waals surface area contributed by atoms with Crippen molar-refractivity contribution in [3.8, 4) is 0 Å². The van der Waals surface area contributed by atoms with Crippen molar-refractivity contribution in [3.63, 3.8) is 0 Å². The van der Waals surface area contributed by atoms with E-state index >= 15 is 0 Å². The van der Waals surface area contributed by atoms with Gasteiger partial charge in [-0.3, -0.25) is 14.4 Å². The van der Waals surface area contributed by atoms with Gasteiger partial charge in [0.1, 0.15) is 6.42 Å². The minimum atomic E-state index is -0.541. The highest BCUT2D eigenvalue weighted by molar-refractivity contribution is 5.99. The van der Waals surface area contributed by atoms with Gasteiger partial charge in [-0.15, -0.1) is 0 Å². The number of ether oxygens (including phenoxy) is 1. The van der Waals surface area contributed by atoms with Gasteiger partial charge in [0.2, 0.25) is 5.91 Å². The summed E-state index contributed by atoms with van der Waals surface area (Å²) in [6.07, 6.45) is 1.22. The van der Waals surface area contributed by atoms with E-state index < -0.39 is 5.97 Å². The van der Waals surface area contributed by atoms with E-state index in [1.807, 2.05) is 54.6 Å². The molecule has 2 aromatic carbocycles. The molecule has 3 rings (SSSR count). The minimum absolute atomic E-state index is 0.0116. The molecule has 1 aliphatic rings. The summed E-state index contributed by atoms with van der Waals surface area (Å²) in [5, 5.41) is 5.87. The summed E-state index contributed by atoms with van der Waals surface area (Å²) >= 11 is 0. The van der Waals surface area contributed by atoms with Crippen LogP contribution in [0.5, 0.6) is 0 Å². The quantitative estimate of drug-likeness (QED) is 0.541. The number of hydrogen-bond donors (Lipinski definition) is 2. The third kappa shape index (κ3) is 5.83. The van der Waals surface area contributed by atoms with Crippen LogP contribution in [-0.2, 0) is 20.9 Å². The Labute approximate surface area is 176 Å². The van der Waals surface area contributed by atoms with Crippen LogP contribution in [0.15, 0.2) is 54.6 Å². The Bertz CT molecular complexity index is 877. The van der Waals surface area contributed by atoms with Gasteiger partial charge in [0, 0.05) is 31.4 Å². The number of hydrogen-bond acceptors (Lipinski definition) is 5. The SMILES string of the molecule is COC(=O)CC(=O)NC1CCN(c2ccccc2C(=O)NCc2ccccc2)CC1. The van der Waals surface area contributed by atoms with Gasteiger partial charge in [-0.05, 0) is 30.5 Å². The molecule has 2 aromatic rings. The van der Waals surface area contributed by atoms with E-state index in [0.717, 1.165) is 24.1 Å². The van der Waals surface area contributed by atoms with Crippen molar-refractivity contribution in [3.05, 3.63) is 65.7 Å². The van der Waals surface area contributed by atoms with Crippen LogP contribution in [0.25, 0.3) is 0 Å². The third-order valence-electron chi connectivity index (χ3n) is 5.18. The molecule has 0 bridgehead atoms. The van der Waals surface area contributed by atoms with Crippen molar-refractivity contribution in [2.75, 3.05) is 25.1 Å². The maximum Gasteiger partial charge on any atom is 0.315 e. The summed E-state index contributed by atoms with van der Waals surface area (Å²) < 4.78 is 4.52. The number of benzene rings is 2. The number of nitrogens with one attached hydrogen (secondary N) is 2. The third-order valence-corrected chi connectivity index (χ3v) is 5.18. The van der Waals surface area contributed by atoms with Gasteiger partial charge in [-0.25, -0.2) is 0 Å². The summed E-state index contributed by atoms with van der Waals surface area (Å²) in [5.74, 6) is -0.968. The molecule has 1 saturated heterocycles. The van der Waals surface area contributed by atoms with Crippen LogP contribution < -0.4 is 15.5 Å². The summed E-state index contributed by atoms with van der Waals surface area (Å²) in [5.41, 5.74) is 2.58. The lowest BCUT2D eigenvalue weighted by Crippen LogP contribution is -2.45. The van der Waals surface area contributed by atoms with Crippen LogP contribution in [0.1, 0.15) is 35.2 Å². The second-order valence-corrected chi connectivity index (χ2v) is 7.27. The zero-order valence-corrected chi connectivity index (χ0v) is 17.1. The van der Waals surface area contributed by atoms with Gasteiger partial charge in [-0.1, -0.05) is 42.5 Å². The lowest BCUT2D eigenvalue weighted by Gasteiger charge is -2.34. The first kappa shape index (κ1) is 21.4. The van der Waals surface area contributed by atoms with Crippen LogP contribution >= 0.6 is 0 Å². The zero-order valence-electron chi connectivity index (χ0n) is 17.1. The normalized spacial score (nSPS) is 14.1. The van der Waals surface area contributed by atoms with Crippen molar-refractivity contribution in [1.82, 2.24) is 10.6 Å². The van der Waals surface area contributed by atoms with Crippen LogP contribution in [0.4, 0.5) is 5.69 Å². The first-order valence-electron chi connectivity index (χ1n) is 10.1. The molecule has 0 radical (unpaired) electrons. The molecule has 2 amide bonds. The topological polar surface area (TPSA) is 87.7 Å². The number of carbonyl (C=O) groups is 3. The lowest BCUT2D eigenvalue weighted by molar-refractivity contribution is -0.144. The number of methoxy groups -OCH3 is 1. The molecule has 30 heavy (non-hydrogen) atoms. The fraction of sp³-hybridized carbons (Fsp3) is 0.348. The van der Waals surface area contributed by atoms with Crippen molar-refractivity contribution >= 4 is 23.5 Å². The average molecular weight is 409 g/mol. The number of carbonyl (C=O) groups excluding carboxylic acids is 3. The first-order chi connectivity index (χ1) is 14.6. The molecule has 158 valence electrons. The zero-order chi connectivity index (χ0) is 21.3. The van der Waals surface area contributed by atoms with E-state index in [1.165, 1.54) is 7.11 Å². The van der Waals surface area contributed by atoms with Gasteiger partial charge >= 0.3 is 5.97 Å². The maximum atomic E-state index is 12.8. The Morgan fingerprint density at radius 3 is 2.37 bits per heavy atom. The maximum absolute atomic E-state index is 12.8. The highest BCUT2D eigenvalue weighted by Crippen LogP contribution is 2.24. The number of amides is 2. The monoisotopic (exact) mass is 409 g/mol. The van der Waals surface area contributed by atoms with E-state index in [9.17, 15) is 14.4 Å². The Balaban J connectivity index is 1.56. The molecule has 7 heteroatoms. The number of nitrogens with zero attached hydrogens (tertiary/aromatic N) is 1. The Morgan fingerprint density at radius 2 is 1.67 bits per heavy atom. The summed E-state index contributed by atoms with van der Waals surface area (Å²) in [6.45, 7) is 1.90. The molecule has 0 saturated carbocycles. The van der Waals surface area contributed by atoms with E-state index in [0.29, 0.717) is 25.2 Å². The highest BCUT2D eigenvalue weighted by atomic mass is 16.5. The smallest absolute Gasteiger partial charge is 0.315 e. The Kier molecular flexibility index (Phi) is 7.43. The average Bonchev–Trinajstić information content (AvgIpc) is 2.78. The van der Waals surface area contributed by atoms with E-state index in [4.69, 9.17) is 0 Å². The largest absolute Gasteiger partial charge is 0.469 e. The molecule has 0 spiro atoms. The van der Waals surface area contributed by atoms with Gasteiger partial charge in [0.25, 0.3) is 5.91 Å². The number of anilines is 1. The molecular formula is C23H27N3O4. The molecule has 0 aromatic heterocycles. The highest BCUT2D eigenvalue weighted by Gasteiger charge is 2.24. The first-order valence-corrected chi connectivity index (χ1v) is 10.1. The number of piperidine rings is 1. The minimum Gasteiger partial charge on any atom is -0.469 e. The molecule has 1 heterocycles. The van der Waals surface area contributed by atoms with Crippen LogP contribution in [0, 0.1) is 0 Å². The molecule has 0 unspecified atom stereocenters. The lowest BCUT2D eigenvalue weighted by atomic mass is 10.0. The van der Waals surface area contributed by atoms with E-state index in [1.54, 1.807) is 0 Å². The molecule has 1 fully saturated rings. The second-order valence-electron chi connectivity index (χ2n) is 7.27. The fourth-order valence-corrected chi connectivity index (χ4v) is 3.56. The van der Waals surface area contributed by atoms with E-state index in [-0.39, 0.29) is 24.3 Å². The summed E-state index contributed by atoms with van der Waals surface area (Å²) in [4.78, 5) is 38.1. The number of rotatable bonds is 7. The summed E-state index contributed by atoms with van der Waals surface area (Å²) in [6, 6.07) is 17.4. The fourth-order valence-electron chi connectivity index (χ4n) is 3.56. The molecule has 0 aliphatic carbocycles. The van der Waals surface area contributed by atoms with E-state index in [2.05, 4.69) is 20.3 Å². The molecular weight excluding hydrogens is 382 g/mol. The van der Waals surface area contributed by atoms with Crippen molar-refractivity contribution in [2.24, 2.45) is 0 Å². The van der Waals surface area contributed by atoms with Gasteiger partial charge in [0.15, 0.2) is 0 Å². The summed E-state index contributed by atoms with van der Waals surface area (Å²) in [7, 11) is 1.27. The standard InChI is InChI=1S/C23H27N3O4/c1-30-22(28)15-21(27)25-18-11-13-26(14-12-18)20-10-6-5-9-19(20)23(29)24-16-17-7-3-2-4-8-17/h2-10,18H,11-16H2,1H3,(H,24,29)(H,25,27). The van der Waals surface area contributed by atoms with Crippen molar-refractivity contribution < 1.29 is 19.1 Å². The second kappa shape index (κ2) is 10.4.